The number of nitrogens with one attached hydrogen (secondary N) is 2. The van der Waals surface area contributed by atoms with Gasteiger partial charge in [0.1, 0.15) is 0 Å². The Bertz CT molecular complexity index is 829. The molecule has 0 spiro atoms. The van der Waals surface area contributed by atoms with Gasteiger partial charge in [0.05, 0.1) is 6.54 Å². The zero-order valence-corrected chi connectivity index (χ0v) is 18.1. The monoisotopic (exact) mass is 396 g/mol. The van der Waals surface area contributed by atoms with Crippen molar-refractivity contribution in [1.29, 1.82) is 0 Å². The molecule has 0 atom stereocenters. The van der Waals surface area contributed by atoms with Crippen LogP contribution in [0.15, 0.2) is 42.5 Å². The second kappa shape index (κ2) is 10.6. The molecule has 0 fully saturated rings. The number of benzene rings is 2. The minimum atomic E-state index is -0.332. The van der Waals surface area contributed by atoms with Crippen molar-refractivity contribution in [2.24, 2.45) is 0 Å². The lowest BCUT2D eigenvalue weighted by molar-refractivity contribution is -0.122. The van der Waals surface area contributed by atoms with E-state index in [9.17, 15) is 9.59 Å². The molecule has 29 heavy (non-hydrogen) atoms. The van der Waals surface area contributed by atoms with Crippen molar-refractivity contribution >= 4 is 17.5 Å². The van der Waals surface area contributed by atoms with Crippen molar-refractivity contribution < 1.29 is 9.59 Å². The summed E-state index contributed by atoms with van der Waals surface area (Å²) >= 11 is 0. The minimum absolute atomic E-state index is 0.189. The first-order valence-corrected chi connectivity index (χ1v) is 10.0. The van der Waals surface area contributed by atoms with Crippen LogP contribution in [0.25, 0.3) is 0 Å². The van der Waals surface area contributed by atoms with Crippen LogP contribution in [0.4, 0.5) is 5.69 Å². The van der Waals surface area contributed by atoms with Crippen molar-refractivity contribution in [2.45, 2.75) is 34.2 Å². The molecule has 156 valence electrons. The van der Waals surface area contributed by atoms with Gasteiger partial charge in [0, 0.05) is 30.9 Å². The molecule has 2 aromatic rings. The van der Waals surface area contributed by atoms with Gasteiger partial charge in [-0.1, -0.05) is 23.8 Å². The summed E-state index contributed by atoms with van der Waals surface area (Å²) in [4.78, 5) is 28.6. The maximum Gasteiger partial charge on any atom is 0.269 e. The second-order valence-corrected chi connectivity index (χ2v) is 7.32. The molecule has 2 aromatic carbocycles. The number of anilines is 1. The highest BCUT2D eigenvalue weighted by molar-refractivity contribution is 5.95. The zero-order chi connectivity index (χ0) is 21.4. The number of rotatable bonds is 8. The second-order valence-electron chi connectivity index (χ2n) is 7.32. The number of nitrogens with zero attached hydrogens (tertiary/aromatic N) is 2. The van der Waals surface area contributed by atoms with Crippen molar-refractivity contribution in [3.63, 3.8) is 0 Å². The van der Waals surface area contributed by atoms with E-state index in [0.29, 0.717) is 12.1 Å². The number of aryl methyl sites for hydroxylation is 2. The number of likely N-dealkylation sites (N-methyl/N-ethyl adjacent to an activating group) is 1. The summed E-state index contributed by atoms with van der Waals surface area (Å²) in [5, 5.41) is 0. The fourth-order valence-electron chi connectivity index (χ4n) is 3.27. The van der Waals surface area contributed by atoms with Crippen molar-refractivity contribution in [3.8, 4) is 0 Å². The van der Waals surface area contributed by atoms with E-state index < -0.39 is 0 Å². The first kappa shape index (κ1) is 22.4. The summed E-state index contributed by atoms with van der Waals surface area (Å²) < 4.78 is 0. The topological polar surface area (TPSA) is 64.7 Å². The number of hydrogen-bond acceptors (Lipinski definition) is 4. The maximum absolute atomic E-state index is 12.3. The molecule has 0 aliphatic rings. The minimum Gasteiger partial charge on any atom is -0.372 e. The van der Waals surface area contributed by atoms with E-state index in [2.05, 4.69) is 61.6 Å². The van der Waals surface area contributed by atoms with Crippen molar-refractivity contribution in [1.82, 2.24) is 15.8 Å². The number of amides is 2. The van der Waals surface area contributed by atoms with Gasteiger partial charge in [-0.25, -0.2) is 0 Å². The van der Waals surface area contributed by atoms with Gasteiger partial charge in [0.15, 0.2) is 0 Å². The quantitative estimate of drug-likeness (QED) is 0.673. The third kappa shape index (κ3) is 6.61. The molecule has 0 saturated carbocycles. The van der Waals surface area contributed by atoms with Crippen LogP contribution >= 0.6 is 0 Å². The highest BCUT2D eigenvalue weighted by Gasteiger charge is 2.11. The Hall–Kier alpha value is -2.86. The molecule has 0 aliphatic carbocycles. The summed E-state index contributed by atoms with van der Waals surface area (Å²) in [6.07, 6.45) is 0. The average molecular weight is 397 g/mol. The molecule has 6 nitrogen and oxygen atoms in total. The fourth-order valence-corrected chi connectivity index (χ4v) is 3.27. The predicted molar refractivity (Wildman–Crippen MR) is 118 cm³/mol. The molecule has 0 unspecified atom stereocenters. The van der Waals surface area contributed by atoms with Crippen LogP contribution < -0.4 is 15.8 Å². The van der Waals surface area contributed by atoms with Gasteiger partial charge >= 0.3 is 0 Å². The normalized spacial score (nSPS) is 10.7. The fraction of sp³-hybridized carbons (Fsp3) is 0.391. The van der Waals surface area contributed by atoms with E-state index in [1.165, 1.54) is 16.7 Å². The van der Waals surface area contributed by atoms with E-state index in [-0.39, 0.29) is 18.4 Å². The van der Waals surface area contributed by atoms with Crippen LogP contribution in [0.1, 0.15) is 40.9 Å². The third-order valence-electron chi connectivity index (χ3n) is 4.93. The van der Waals surface area contributed by atoms with E-state index in [1.807, 2.05) is 24.1 Å². The molecule has 0 saturated heterocycles. The van der Waals surface area contributed by atoms with Crippen molar-refractivity contribution in [3.05, 3.63) is 64.7 Å². The largest absolute Gasteiger partial charge is 0.372 e. The molecule has 0 aliphatic heterocycles. The highest BCUT2D eigenvalue weighted by Crippen LogP contribution is 2.15. The van der Waals surface area contributed by atoms with Gasteiger partial charge in [-0.15, -0.1) is 0 Å². The number of carbonyl (C=O) groups is 2. The third-order valence-corrected chi connectivity index (χ3v) is 4.93. The van der Waals surface area contributed by atoms with Gasteiger partial charge in [-0.2, -0.15) is 0 Å². The molecule has 2 N–H and O–H groups in total. The highest BCUT2D eigenvalue weighted by atomic mass is 16.2. The molecule has 0 radical (unpaired) electrons. The lowest BCUT2D eigenvalue weighted by Crippen LogP contribution is -2.45. The summed E-state index contributed by atoms with van der Waals surface area (Å²) in [6, 6.07) is 13.7. The van der Waals surface area contributed by atoms with Crippen LogP contribution in [0.3, 0.4) is 0 Å². The van der Waals surface area contributed by atoms with Crippen molar-refractivity contribution in [2.75, 3.05) is 31.6 Å². The number of carbonyl (C=O) groups excluding carboxylic acids is 2. The lowest BCUT2D eigenvalue weighted by Gasteiger charge is -2.21. The molecule has 2 rings (SSSR count). The molecule has 2 amide bonds. The van der Waals surface area contributed by atoms with Gasteiger partial charge < -0.3 is 4.90 Å². The number of hydrazine groups is 1. The van der Waals surface area contributed by atoms with Gasteiger partial charge in [-0.3, -0.25) is 25.3 Å². The Morgan fingerprint density at radius 3 is 2.17 bits per heavy atom. The average Bonchev–Trinajstić information content (AvgIpc) is 2.69. The van der Waals surface area contributed by atoms with E-state index in [1.54, 1.807) is 12.1 Å². The molecule has 0 aromatic heterocycles. The Balaban J connectivity index is 1.82. The SMILES string of the molecule is CCN(CC)c1ccc(C(=O)NNC(=O)CN(C)Cc2ccc(C)cc2C)cc1. The Kier molecular flexibility index (Phi) is 8.21. The van der Waals surface area contributed by atoms with Gasteiger partial charge in [-0.05, 0) is 70.1 Å². The summed E-state index contributed by atoms with van der Waals surface area (Å²) in [7, 11) is 1.88. The summed E-state index contributed by atoms with van der Waals surface area (Å²) in [5.74, 6) is -0.591. The lowest BCUT2D eigenvalue weighted by atomic mass is 10.1. The van der Waals surface area contributed by atoms with E-state index in [0.717, 1.165) is 18.8 Å². The Morgan fingerprint density at radius 2 is 1.59 bits per heavy atom. The Labute approximate surface area is 173 Å². The zero-order valence-electron chi connectivity index (χ0n) is 18.1. The predicted octanol–water partition coefficient (Wildman–Crippen LogP) is 3.04. The van der Waals surface area contributed by atoms with Crippen LogP contribution in [-0.4, -0.2) is 43.4 Å². The van der Waals surface area contributed by atoms with Gasteiger partial charge in [0.2, 0.25) is 0 Å². The molecular weight excluding hydrogens is 364 g/mol. The number of hydrogen-bond donors (Lipinski definition) is 2. The smallest absolute Gasteiger partial charge is 0.269 e. The molecular formula is C23H32N4O2. The van der Waals surface area contributed by atoms with Gasteiger partial charge in [0.25, 0.3) is 11.8 Å². The summed E-state index contributed by atoms with van der Waals surface area (Å²) in [6.45, 7) is 11.0. The first-order valence-electron chi connectivity index (χ1n) is 10.0. The van der Waals surface area contributed by atoms with E-state index in [4.69, 9.17) is 0 Å². The molecule has 0 bridgehead atoms. The Morgan fingerprint density at radius 1 is 0.931 bits per heavy atom. The first-order chi connectivity index (χ1) is 13.8. The standard InChI is InChI=1S/C23H32N4O2/c1-6-27(7-2)21-12-10-19(11-13-21)23(29)25-24-22(28)16-26(5)15-20-9-8-17(3)14-18(20)4/h8-14H,6-7,15-16H2,1-5H3,(H,24,28)(H,25,29). The molecule has 0 heterocycles. The van der Waals surface area contributed by atoms with Crippen LogP contribution in [0.2, 0.25) is 0 Å². The van der Waals surface area contributed by atoms with Crippen LogP contribution in [0.5, 0.6) is 0 Å². The van der Waals surface area contributed by atoms with Crippen LogP contribution in [-0.2, 0) is 11.3 Å². The van der Waals surface area contributed by atoms with Crippen LogP contribution in [0, 0.1) is 13.8 Å². The molecule has 6 heteroatoms. The maximum atomic E-state index is 12.3. The van der Waals surface area contributed by atoms with E-state index >= 15 is 0 Å². The summed E-state index contributed by atoms with van der Waals surface area (Å²) in [5.41, 5.74) is 10.2.